The van der Waals surface area contributed by atoms with Crippen LogP contribution in [0.4, 0.5) is 0 Å². The van der Waals surface area contributed by atoms with Crippen molar-refractivity contribution in [1.29, 1.82) is 0 Å². The van der Waals surface area contributed by atoms with Gasteiger partial charge in [-0.1, -0.05) is 17.4 Å². The van der Waals surface area contributed by atoms with Gasteiger partial charge in [-0.3, -0.25) is 4.79 Å². The zero-order chi connectivity index (χ0) is 12.3. The van der Waals surface area contributed by atoms with Crippen LogP contribution in [0, 0.1) is 6.92 Å². The van der Waals surface area contributed by atoms with Gasteiger partial charge in [-0.2, -0.15) is 0 Å². The highest BCUT2D eigenvalue weighted by Gasteiger charge is 2.21. The average molecular weight is 253 g/mol. The Balaban J connectivity index is 1.99. The summed E-state index contributed by atoms with van der Waals surface area (Å²) in [6.07, 6.45) is 2.93. The maximum absolute atomic E-state index is 12.1. The van der Waals surface area contributed by atoms with Crippen molar-refractivity contribution in [2.24, 2.45) is 0 Å². The summed E-state index contributed by atoms with van der Waals surface area (Å²) in [4.78, 5) is 13.8. The number of carbonyl (C=O) groups excluding carboxylic acids is 1. The molecule has 0 fully saturated rings. The van der Waals surface area contributed by atoms with Gasteiger partial charge in [-0.15, -0.1) is 10.2 Å². The maximum Gasteiger partial charge on any atom is 0.285 e. The molecular weight excluding hydrogens is 238 g/mol. The molecule has 2 heterocycles. The average Bonchev–Trinajstić information content (AvgIpc) is 2.76. The summed E-state index contributed by atoms with van der Waals surface area (Å²) in [5, 5.41) is 9.04. The van der Waals surface area contributed by atoms with Crippen LogP contribution < -0.4 is 0 Å². The number of amides is 1. The van der Waals surface area contributed by atoms with Crippen LogP contribution in [-0.2, 0) is 4.74 Å². The van der Waals surface area contributed by atoms with Crippen LogP contribution in [0.2, 0.25) is 0 Å². The van der Waals surface area contributed by atoms with E-state index in [9.17, 15) is 4.79 Å². The summed E-state index contributed by atoms with van der Waals surface area (Å²) in [5.41, 5.74) is 1.25. The van der Waals surface area contributed by atoms with Gasteiger partial charge in [0.2, 0.25) is 5.01 Å². The van der Waals surface area contributed by atoms with E-state index < -0.39 is 0 Å². The minimum atomic E-state index is -0.0247. The van der Waals surface area contributed by atoms with Crippen LogP contribution in [-0.4, -0.2) is 47.8 Å². The molecule has 1 aromatic rings. The first kappa shape index (κ1) is 12.2. The summed E-state index contributed by atoms with van der Waals surface area (Å²) in [6, 6.07) is 0. The minimum Gasteiger partial charge on any atom is -0.380 e. The second-order valence-corrected chi connectivity index (χ2v) is 5.10. The number of rotatable bonds is 3. The molecule has 1 aliphatic rings. The Labute approximate surface area is 104 Å². The van der Waals surface area contributed by atoms with E-state index in [0.717, 1.165) is 18.0 Å². The lowest BCUT2D eigenvalue weighted by Crippen LogP contribution is -2.35. The topological polar surface area (TPSA) is 55.3 Å². The van der Waals surface area contributed by atoms with Crippen LogP contribution in [0.25, 0.3) is 0 Å². The fourth-order valence-corrected chi connectivity index (χ4v) is 2.39. The number of carbonyl (C=O) groups is 1. The number of hydrogen-bond acceptors (Lipinski definition) is 5. The minimum absolute atomic E-state index is 0.0247. The molecule has 0 aromatic carbocycles. The van der Waals surface area contributed by atoms with Crippen LogP contribution in [0.15, 0.2) is 11.6 Å². The van der Waals surface area contributed by atoms with Gasteiger partial charge in [-0.05, 0) is 18.9 Å². The lowest BCUT2D eigenvalue weighted by atomic mass is 10.1. The highest BCUT2D eigenvalue weighted by atomic mass is 32.1. The summed E-state index contributed by atoms with van der Waals surface area (Å²) in [7, 11) is 1.68. The van der Waals surface area contributed by atoms with E-state index in [1.165, 1.54) is 16.9 Å². The van der Waals surface area contributed by atoms with Gasteiger partial charge < -0.3 is 9.64 Å². The van der Waals surface area contributed by atoms with Crippen molar-refractivity contribution < 1.29 is 9.53 Å². The number of hydrogen-bond donors (Lipinski definition) is 0. The molecule has 1 aliphatic heterocycles. The van der Waals surface area contributed by atoms with Gasteiger partial charge in [0.1, 0.15) is 5.01 Å². The number of nitrogens with zero attached hydrogens (tertiary/aromatic N) is 3. The monoisotopic (exact) mass is 253 g/mol. The molecule has 0 unspecified atom stereocenters. The zero-order valence-corrected chi connectivity index (χ0v) is 10.8. The molecule has 0 spiro atoms. The van der Waals surface area contributed by atoms with Gasteiger partial charge in [0.15, 0.2) is 0 Å². The van der Waals surface area contributed by atoms with Crippen molar-refractivity contribution in [1.82, 2.24) is 15.1 Å². The summed E-state index contributed by atoms with van der Waals surface area (Å²) in [5.74, 6) is -0.0247. The van der Waals surface area contributed by atoms with Gasteiger partial charge in [0.25, 0.3) is 5.91 Å². The quantitative estimate of drug-likeness (QED) is 0.761. The van der Waals surface area contributed by atoms with E-state index in [4.69, 9.17) is 4.74 Å². The van der Waals surface area contributed by atoms with Crippen molar-refractivity contribution in [2.75, 3.05) is 26.8 Å². The molecular formula is C11H15N3O2S. The molecule has 0 radical (unpaired) electrons. The smallest absolute Gasteiger partial charge is 0.285 e. The van der Waals surface area contributed by atoms with Crippen molar-refractivity contribution in [3.63, 3.8) is 0 Å². The van der Waals surface area contributed by atoms with Crippen molar-refractivity contribution in [3.8, 4) is 0 Å². The van der Waals surface area contributed by atoms with Crippen molar-refractivity contribution in [3.05, 3.63) is 21.7 Å². The maximum atomic E-state index is 12.1. The third-order valence-electron chi connectivity index (χ3n) is 2.63. The lowest BCUT2D eigenvalue weighted by Gasteiger charge is -2.25. The van der Waals surface area contributed by atoms with E-state index in [2.05, 4.69) is 16.3 Å². The molecule has 5 nitrogen and oxygen atoms in total. The summed E-state index contributed by atoms with van der Waals surface area (Å²) < 4.78 is 5.07. The zero-order valence-electron chi connectivity index (χ0n) is 9.97. The Morgan fingerprint density at radius 1 is 1.59 bits per heavy atom. The van der Waals surface area contributed by atoms with Gasteiger partial charge >= 0.3 is 0 Å². The Morgan fingerprint density at radius 2 is 2.41 bits per heavy atom. The third kappa shape index (κ3) is 2.89. The van der Waals surface area contributed by atoms with E-state index >= 15 is 0 Å². The van der Waals surface area contributed by atoms with Gasteiger partial charge in [0, 0.05) is 20.2 Å². The predicted octanol–water partition coefficient (Wildman–Crippen LogP) is 1.27. The summed E-state index contributed by atoms with van der Waals surface area (Å²) >= 11 is 1.34. The molecule has 0 atom stereocenters. The van der Waals surface area contributed by atoms with E-state index in [1.807, 2.05) is 6.92 Å². The first-order valence-electron chi connectivity index (χ1n) is 5.47. The highest BCUT2D eigenvalue weighted by molar-refractivity contribution is 7.13. The van der Waals surface area contributed by atoms with E-state index in [1.54, 1.807) is 12.0 Å². The number of methoxy groups -OCH3 is 1. The SMILES string of the molecule is COCC1=CCN(C(=O)c2nnc(C)s2)CC1. The fourth-order valence-electron chi connectivity index (χ4n) is 1.73. The van der Waals surface area contributed by atoms with Crippen LogP contribution in [0.5, 0.6) is 0 Å². The fraction of sp³-hybridized carbons (Fsp3) is 0.545. The Bertz CT molecular complexity index is 442. The molecule has 0 saturated heterocycles. The standard InChI is InChI=1S/C11H15N3O2S/c1-8-12-13-10(17-8)11(15)14-5-3-9(4-6-14)7-16-2/h3H,4-7H2,1-2H3. The number of aryl methyl sites for hydroxylation is 1. The van der Waals surface area contributed by atoms with E-state index in [0.29, 0.717) is 18.2 Å². The Morgan fingerprint density at radius 3 is 2.94 bits per heavy atom. The van der Waals surface area contributed by atoms with E-state index in [-0.39, 0.29) is 5.91 Å². The second-order valence-electron chi connectivity index (χ2n) is 3.92. The second kappa shape index (κ2) is 5.37. The molecule has 0 saturated carbocycles. The molecule has 17 heavy (non-hydrogen) atoms. The van der Waals surface area contributed by atoms with Crippen molar-refractivity contribution in [2.45, 2.75) is 13.3 Å². The molecule has 2 rings (SSSR count). The molecule has 1 aromatic heterocycles. The highest BCUT2D eigenvalue weighted by Crippen LogP contribution is 2.16. The van der Waals surface area contributed by atoms with Gasteiger partial charge in [0.05, 0.1) is 6.61 Å². The van der Waals surface area contributed by atoms with Gasteiger partial charge in [-0.25, -0.2) is 0 Å². The normalized spacial score (nSPS) is 15.9. The first-order valence-corrected chi connectivity index (χ1v) is 6.28. The third-order valence-corrected chi connectivity index (χ3v) is 3.46. The Hall–Kier alpha value is -1.27. The molecule has 6 heteroatoms. The molecule has 0 N–H and O–H groups in total. The Kier molecular flexibility index (Phi) is 3.86. The lowest BCUT2D eigenvalue weighted by molar-refractivity contribution is 0.0763. The van der Waals surface area contributed by atoms with Crippen LogP contribution in [0.1, 0.15) is 21.2 Å². The number of aromatic nitrogens is 2. The molecule has 92 valence electrons. The molecule has 0 aliphatic carbocycles. The van der Waals surface area contributed by atoms with Crippen LogP contribution in [0.3, 0.4) is 0 Å². The first-order chi connectivity index (χ1) is 8.20. The summed E-state index contributed by atoms with van der Waals surface area (Å²) in [6.45, 7) is 3.87. The van der Waals surface area contributed by atoms with Crippen LogP contribution >= 0.6 is 11.3 Å². The number of ether oxygens (including phenoxy) is 1. The predicted molar refractivity (Wildman–Crippen MR) is 65.1 cm³/mol. The van der Waals surface area contributed by atoms with Crippen molar-refractivity contribution >= 4 is 17.2 Å². The molecule has 0 bridgehead atoms. The largest absolute Gasteiger partial charge is 0.380 e. The molecule has 1 amide bonds.